The molecule has 658 valence electrons. The number of para-hydroxylation sites is 16. The molecular weight excluding hydrogens is 1710 g/mol. The Labute approximate surface area is 799 Å². The highest BCUT2D eigenvalue weighted by atomic mass is 15.1. The molecule has 139 heavy (non-hydrogen) atoms. The summed E-state index contributed by atoms with van der Waals surface area (Å²) >= 11 is 0. The number of fused-ring (bicyclic) bond motifs is 11. The Bertz CT molecular complexity index is 8620. The lowest BCUT2D eigenvalue weighted by Crippen LogP contribution is -2.31. The molecule has 0 fully saturated rings. The lowest BCUT2D eigenvalue weighted by atomic mass is 9.69. The first kappa shape index (κ1) is 82.2. The van der Waals surface area contributed by atoms with Gasteiger partial charge in [-0.25, -0.2) is 59.8 Å². The van der Waals surface area contributed by atoms with Crippen molar-refractivity contribution in [3.8, 4) is 151 Å². The minimum atomic E-state index is -0.792. The van der Waals surface area contributed by atoms with Crippen LogP contribution in [-0.2, 0) is 74.6 Å². The Hall–Kier alpha value is -18.8. The van der Waals surface area contributed by atoms with Gasteiger partial charge < -0.3 is 36.5 Å². The molecule has 0 unspecified atom stereocenters. The number of aromatic nitrogens is 20. The van der Waals surface area contributed by atoms with Gasteiger partial charge in [-0.05, 0) is 240 Å². The molecule has 25 rings (SSSR count). The first-order valence-electron chi connectivity index (χ1n) is 46.0. The minimum absolute atomic E-state index is 0.549. The molecule has 0 spiro atoms. The van der Waals surface area contributed by atoms with Crippen molar-refractivity contribution in [2.24, 2.45) is 56.4 Å². The summed E-state index contributed by atoms with van der Waals surface area (Å²) in [5.74, 6) is 35.1. The third-order valence-electron chi connectivity index (χ3n) is 27.1. The average molecular weight is 1790 g/mol. The van der Waals surface area contributed by atoms with E-state index in [1.165, 1.54) is 0 Å². The Morgan fingerprint density at radius 1 is 0.180 bits per heavy atom. The zero-order valence-corrected chi connectivity index (χ0v) is 77.0. The number of nitrogens with zero attached hydrogens (tertiary/aromatic N) is 20. The van der Waals surface area contributed by atoms with Gasteiger partial charge in [0.25, 0.3) is 0 Å². The number of rotatable bonds is 12. The highest BCUT2D eigenvalue weighted by molar-refractivity contribution is 5.90. The van der Waals surface area contributed by atoms with Crippen molar-refractivity contribution < 1.29 is 0 Å². The van der Waals surface area contributed by atoms with Crippen molar-refractivity contribution in [2.45, 2.75) is 18.3 Å². The summed E-state index contributed by atoms with van der Waals surface area (Å²) in [7, 11) is 16.3. The van der Waals surface area contributed by atoms with Crippen molar-refractivity contribution in [3.63, 3.8) is 0 Å². The van der Waals surface area contributed by atoms with Crippen LogP contribution >= 0.6 is 0 Å². The number of hydrogen-bond donors (Lipinski definition) is 0. The second-order valence-corrected chi connectivity index (χ2v) is 35.7. The van der Waals surface area contributed by atoms with Crippen LogP contribution < -0.4 is 0 Å². The van der Waals surface area contributed by atoms with Gasteiger partial charge in [-0.3, -0.25) is 0 Å². The van der Waals surface area contributed by atoms with Crippen LogP contribution in [0.1, 0.15) is 66.8 Å². The van der Waals surface area contributed by atoms with Crippen LogP contribution in [0.4, 0.5) is 0 Å². The van der Waals surface area contributed by atoms with Crippen LogP contribution in [-0.4, -0.2) is 96.3 Å². The Balaban J connectivity index is 0.651. The summed E-state index contributed by atoms with van der Waals surface area (Å²) < 4.78 is 16.7. The fraction of sp³-hybridized carbons (Fsp3) is 0.0924. The van der Waals surface area contributed by atoms with E-state index < -0.39 is 5.41 Å². The summed E-state index contributed by atoms with van der Waals surface area (Å²) in [5, 5.41) is 0. The third-order valence-corrected chi connectivity index (χ3v) is 27.1. The van der Waals surface area contributed by atoms with E-state index in [1.807, 2.05) is 251 Å². The molecular formula is C119H82N20. The Morgan fingerprint density at radius 2 is 0.353 bits per heavy atom. The van der Waals surface area contributed by atoms with Gasteiger partial charge in [0.1, 0.15) is 45.6 Å². The van der Waals surface area contributed by atoms with Gasteiger partial charge in [-0.1, -0.05) is 181 Å². The van der Waals surface area contributed by atoms with Gasteiger partial charge in [-0.2, -0.15) is 0 Å². The fourth-order valence-corrected chi connectivity index (χ4v) is 20.1. The highest BCUT2D eigenvalue weighted by Gasteiger charge is 2.44. The predicted molar refractivity (Wildman–Crippen MR) is 551 cm³/mol. The molecule has 1 aliphatic rings. The summed E-state index contributed by atoms with van der Waals surface area (Å²) in [6.07, 6.45) is 1.10. The summed E-state index contributed by atoms with van der Waals surface area (Å²) in [5.41, 5.74) is 32.5. The summed E-state index contributed by atoms with van der Waals surface area (Å²) in [4.78, 5) is 62.6. The lowest BCUT2D eigenvalue weighted by molar-refractivity contribution is 0.519. The van der Waals surface area contributed by atoms with Gasteiger partial charge in [0.2, 0.25) is 0 Å². The van der Waals surface area contributed by atoms with Crippen molar-refractivity contribution in [3.05, 3.63) is 394 Å². The number of pyridine rings is 4. The molecule has 0 N–H and O–H groups in total. The molecule has 0 radical (unpaired) electrons. The summed E-state index contributed by atoms with van der Waals surface area (Å²) in [6.45, 7) is 0. The highest BCUT2D eigenvalue weighted by Crippen LogP contribution is 2.53. The van der Waals surface area contributed by atoms with Crippen LogP contribution in [0.25, 0.3) is 192 Å². The maximum absolute atomic E-state index is 5.37. The van der Waals surface area contributed by atoms with Gasteiger partial charge >= 0.3 is 0 Å². The van der Waals surface area contributed by atoms with E-state index in [0.29, 0.717) is 81.7 Å². The SMILES string of the molecule is Cn1c(-c2cc(C#Cc3ccc(CC4(Cc5ccc(C#Cc6cc(-c7nc8ccccc8n7C)nc(-c7nc8ccccc8n7C)c6)cc5)c5cc(C#Cc6cc(-c7nc8ccccc8n7C)nc(-c7nc8ccccc8n7C)c6)ccc5-c5ccc(C#Cc6cc(-c7nc8ccccc8n7C)nc(-c7nc8ccccc8n7C)c6)cc54)cc3)cc(-c3nc4ccccc4n3C)n2)nc2ccccc21. The van der Waals surface area contributed by atoms with Gasteiger partial charge in [0, 0.05) is 106 Å². The van der Waals surface area contributed by atoms with E-state index >= 15 is 0 Å². The first-order valence-corrected chi connectivity index (χ1v) is 46.0. The van der Waals surface area contributed by atoms with E-state index in [-0.39, 0.29) is 0 Å². The fourth-order valence-electron chi connectivity index (χ4n) is 20.1. The van der Waals surface area contributed by atoms with Gasteiger partial charge in [0.15, 0.2) is 46.6 Å². The minimum Gasteiger partial charge on any atom is -0.326 e. The van der Waals surface area contributed by atoms with Crippen molar-refractivity contribution in [1.82, 2.24) is 96.3 Å². The largest absolute Gasteiger partial charge is 0.326 e. The Kier molecular flexibility index (Phi) is 19.4. The standard InChI is InChI=1S/C119H82N20/c1-132-103-33-17-9-25-87(103)124-111(132)95-63-79(64-96(120-95)112-125-88-26-10-18-34-104(88)133(112)2)53-45-73-41-49-77(50-42-73)71-119(72-78-51-43-74(44-52-78)46-54-80-65-97(113-126-89-27-11-19-35-105(89)134(113)3)121-98(66-80)114-127-90-28-12-20-36-106(90)135(114)4)85-61-75(47-55-81-67-99(115-128-91-29-13-21-37-107(91)136(115)5)122-100(68-81)116-129-92-30-14-22-38-108(92)137(116)6)57-59-83(85)84-60-58-76(62-86(84)119)48-56-82-69-101(117-130-93-31-15-23-39-109(93)138(117)7)123-102(70-82)118-131-94-32-16-24-40-110(94)139(118)8/h9-44,49-52,57-70H,71-72H2,1-8H3. The first-order chi connectivity index (χ1) is 68.0. The monoisotopic (exact) mass is 1790 g/mol. The molecule has 0 aliphatic heterocycles. The average Bonchev–Trinajstić information content (AvgIpc) is 1.55. The van der Waals surface area contributed by atoms with E-state index in [9.17, 15) is 0 Å². The number of hydrogen-bond acceptors (Lipinski definition) is 12. The van der Waals surface area contributed by atoms with Crippen LogP contribution in [0.15, 0.2) is 328 Å². The van der Waals surface area contributed by atoms with Crippen molar-refractivity contribution in [1.29, 1.82) is 0 Å². The molecule has 0 bridgehead atoms. The molecule has 0 amide bonds. The van der Waals surface area contributed by atoms with Crippen molar-refractivity contribution in [2.75, 3.05) is 0 Å². The second kappa shape index (κ2) is 32.9. The molecule has 20 heteroatoms. The zero-order valence-electron chi connectivity index (χ0n) is 77.0. The van der Waals surface area contributed by atoms with Crippen LogP contribution in [0.5, 0.6) is 0 Å². The molecule has 0 saturated heterocycles. The quantitative estimate of drug-likeness (QED) is 0.105. The van der Waals surface area contributed by atoms with E-state index in [0.717, 1.165) is 189 Å². The molecule has 12 heterocycles. The summed E-state index contributed by atoms with van der Waals surface area (Å²) in [6, 6.07) is 113. The molecule has 12 aromatic carbocycles. The molecule has 20 nitrogen and oxygen atoms in total. The maximum atomic E-state index is 5.37. The van der Waals surface area contributed by atoms with Crippen LogP contribution in [0, 0.1) is 47.4 Å². The zero-order chi connectivity index (χ0) is 93.4. The maximum Gasteiger partial charge on any atom is 0.159 e. The van der Waals surface area contributed by atoms with E-state index in [2.05, 4.69) is 217 Å². The number of benzene rings is 12. The third kappa shape index (κ3) is 14.4. The van der Waals surface area contributed by atoms with E-state index in [4.69, 9.17) is 59.8 Å². The topological polar surface area (TPSA) is 194 Å². The number of aryl methyl sites for hydroxylation is 8. The molecule has 24 aromatic rings. The number of imidazole rings is 8. The second-order valence-electron chi connectivity index (χ2n) is 35.7. The molecule has 0 atom stereocenters. The van der Waals surface area contributed by atoms with E-state index in [1.54, 1.807) is 0 Å². The molecule has 0 saturated carbocycles. The molecule has 1 aliphatic carbocycles. The lowest BCUT2D eigenvalue weighted by Gasteiger charge is -2.33. The van der Waals surface area contributed by atoms with Crippen LogP contribution in [0.2, 0.25) is 0 Å². The normalized spacial score (nSPS) is 12.1. The smallest absolute Gasteiger partial charge is 0.159 e. The Morgan fingerprint density at radius 3 is 0.547 bits per heavy atom. The van der Waals surface area contributed by atoms with Gasteiger partial charge in [-0.15, -0.1) is 0 Å². The van der Waals surface area contributed by atoms with Crippen LogP contribution in [0.3, 0.4) is 0 Å². The van der Waals surface area contributed by atoms with Gasteiger partial charge in [0.05, 0.1) is 88.3 Å². The van der Waals surface area contributed by atoms with Crippen molar-refractivity contribution >= 4 is 88.3 Å². The molecule has 12 aromatic heterocycles. The predicted octanol–water partition coefficient (Wildman–Crippen LogP) is 22.0.